The fourth-order valence-corrected chi connectivity index (χ4v) is 4.37. The first-order chi connectivity index (χ1) is 17.6. The monoisotopic (exact) mass is 492 g/mol. The number of nitrogens with one attached hydrogen (secondary N) is 1. The van der Waals surface area contributed by atoms with Crippen LogP contribution >= 0.6 is 0 Å². The first-order valence-electron chi connectivity index (χ1n) is 11.6. The van der Waals surface area contributed by atoms with Gasteiger partial charge >= 0.3 is 0 Å². The van der Waals surface area contributed by atoms with Crippen LogP contribution in [0.5, 0.6) is 5.75 Å². The van der Waals surface area contributed by atoms with Gasteiger partial charge in [-0.3, -0.25) is 0 Å². The van der Waals surface area contributed by atoms with E-state index in [0.717, 1.165) is 36.2 Å². The smallest absolute Gasteiger partial charge is 0.181 e. The molecule has 1 saturated heterocycles. The van der Waals surface area contributed by atoms with Crippen molar-refractivity contribution in [2.24, 2.45) is 5.73 Å². The van der Waals surface area contributed by atoms with Crippen molar-refractivity contribution >= 4 is 17.3 Å². The third kappa shape index (κ3) is 4.82. The summed E-state index contributed by atoms with van der Waals surface area (Å²) < 4.78 is 34.2. The number of nitrogens with two attached hydrogens (primary N) is 1. The molecule has 0 aliphatic carbocycles. The van der Waals surface area contributed by atoms with Crippen LogP contribution in [0.1, 0.15) is 12.8 Å². The van der Waals surface area contributed by atoms with Crippen molar-refractivity contribution in [3.63, 3.8) is 0 Å². The van der Waals surface area contributed by atoms with Gasteiger partial charge in [-0.2, -0.15) is 5.10 Å². The fraction of sp³-hybridized carbons (Fsp3) is 0.280. The van der Waals surface area contributed by atoms with Crippen LogP contribution in [0.3, 0.4) is 0 Å². The number of hydrogen-bond donors (Lipinski definition) is 2. The van der Waals surface area contributed by atoms with Crippen LogP contribution in [0, 0.1) is 5.82 Å². The Morgan fingerprint density at radius 1 is 1.19 bits per heavy atom. The number of halogens is 2. The molecule has 1 aliphatic rings. The Balaban J connectivity index is 1.49. The minimum absolute atomic E-state index is 0.0601. The number of nitrogens with zero attached hydrogens (tertiary/aromatic N) is 6. The molecule has 1 aliphatic heterocycles. The molecule has 5 rings (SSSR count). The number of benzene rings is 1. The van der Waals surface area contributed by atoms with Crippen molar-refractivity contribution in [1.82, 2.24) is 24.7 Å². The summed E-state index contributed by atoms with van der Waals surface area (Å²) in [7, 11) is 1.47. The zero-order chi connectivity index (χ0) is 25.1. The highest BCUT2D eigenvalue weighted by atomic mass is 19.1. The molecular formula is C25H26F2N8O. The standard InChI is InChI=1S/C25H26F2N8O/c1-36-21-6-2-5-19(27)24(21)25-29-8-7-22(33-25)32-23-10-20(34-9-3-4-17(28)14-34)18(12-30-23)16-11-31-35(13-16)15-26/h2,5-8,10-13,17H,3-4,9,14-15,28H2,1H3,(H,29,30,32,33)/t17-/m0/s1. The maximum atomic E-state index is 14.6. The van der Waals surface area contributed by atoms with Crippen LogP contribution < -0.4 is 20.7 Å². The molecule has 0 bridgehead atoms. The second-order valence-electron chi connectivity index (χ2n) is 8.53. The summed E-state index contributed by atoms with van der Waals surface area (Å²) in [5.41, 5.74) is 8.93. The lowest BCUT2D eigenvalue weighted by Crippen LogP contribution is -2.43. The van der Waals surface area contributed by atoms with Gasteiger partial charge in [-0.1, -0.05) is 6.07 Å². The molecule has 11 heteroatoms. The van der Waals surface area contributed by atoms with Crippen molar-refractivity contribution in [1.29, 1.82) is 0 Å². The molecule has 0 unspecified atom stereocenters. The first-order valence-corrected chi connectivity index (χ1v) is 11.6. The average Bonchev–Trinajstić information content (AvgIpc) is 3.38. The second-order valence-corrected chi connectivity index (χ2v) is 8.53. The van der Waals surface area contributed by atoms with Crippen molar-refractivity contribution in [3.8, 4) is 28.3 Å². The summed E-state index contributed by atoms with van der Waals surface area (Å²) in [6.45, 7) is 0.824. The van der Waals surface area contributed by atoms with E-state index >= 15 is 0 Å². The number of methoxy groups -OCH3 is 1. The minimum Gasteiger partial charge on any atom is -0.496 e. The molecule has 4 heterocycles. The van der Waals surface area contributed by atoms with Gasteiger partial charge in [0.15, 0.2) is 12.6 Å². The van der Waals surface area contributed by atoms with Gasteiger partial charge in [0, 0.05) is 60.6 Å². The number of alkyl halides is 1. The van der Waals surface area contributed by atoms with Gasteiger partial charge in [0.25, 0.3) is 0 Å². The average molecular weight is 493 g/mol. The van der Waals surface area contributed by atoms with E-state index in [9.17, 15) is 8.78 Å². The molecule has 3 aromatic heterocycles. The zero-order valence-electron chi connectivity index (χ0n) is 19.7. The van der Waals surface area contributed by atoms with Gasteiger partial charge < -0.3 is 20.7 Å². The van der Waals surface area contributed by atoms with Crippen LogP contribution in [-0.4, -0.2) is 51.0 Å². The van der Waals surface area contributed by atoms with E-state index in [0.29, 0.717) is 23.9 Å². The maximum absolute atomic E-state index is 14.6. The van der Waals surface area contributed by atoms with E-state index in [4.69, 9.17) is 10.5 Å². The van der Waals surface area contributed by atoms with E-state index in [1.165, 1.54) is 17.9 Å². The number of aromatic nitrogens is 5. The molecule has 0 spiro atoms. The van der Waals surface area contributed by atoms with Crippen molar-refractivity contribution in [3.05, 3.63) is 60.9 Å². The highest BCUT2D eigenvalue weighted by molar-refractivity contribution is 5.80. The Morgan fingerprint density at radius 3 is 2.86 bits per heavy atom. The third-order valence-corrected chi connectivity index (χ3v) is 6.08. The Bertz CT molecular complexity index is 1360. The van der Waals surface area contributed by atoms with E-state index in [1.54, 1.807) is 43.0 Å². The first kappa shape index (κ1) is 23.6. The lowest BCUT2D eigenvalue weighted by Gasteiger charge is -2.34. The number of hydrogen-bond acceptors (Lipinski definition) is 8. The molecule has 0 saturated carbocycles. The SMILES string of the molecule is COc1cccc(F)c1-c1nccc(Nc2cc(N3CCC[C@H](N)C3)c(-c3cnn(CF)c3)cn2)n1. The van der Waals surface area contributed by atoms with Crippen LogP contribution in [0.2, 0.25) is 0 Å². The summed E-state index contributed by atoms with van der Waals surface area (Å²) in [6, 6.07) is 8.20. The van der Waals surface area contributed by atoms with Gasteiger partial charge in [-0.25, -0.2) is 28.4 Å². The number of rotatable bonds is 7. The largest absolute Gasteiger partial charge is 0.496 e. The normalized spacial score (nSPS) is 15.7. The topological polar surface area (TPSA) is 107 Å². The summed E-state index contributed by atoms with van der Waals surface area (Å²) in [5.74, 6) is 1.03. The molecule has 36 heavy (non-hydrogen) atoms. The zero-order valence-corrected chi connectivity index (χ0v) is 19.7. The number of anilines is 3. The second kappa shape index (κ2) is 10.2. The van der Waals surface area contributed by atoms with Gasteiger partial charge in [-0.05, 0) is 31.0 Å². The minimum atomic E-state index is -0.709. The summed E-state index contributed by atoms with van der Waals surface area (Å²) in [4.78, 5) is 15.5. The molecule has 0 amide bonds. The predicted octanol–water partition coefficient (Wildman–Crippen LogP) is 4.15. The van der Waals surface area contributed by atoms with Crippen LogP contribution in [-0.2, 0) is 6.80 Å². The third-order valence-electron chi connectivity index (χ3n) is 6.08. The highest BCUT2D eigenvalue weighted by Crippen LogP contribution is 2.35. The highest BCUT2D eigenvalue weighted by Gasteiger charge is 2.22. The Kier molecular flexibility index (Phi) is 6.72. The molecule has 186 valence electrons. The Hall–Kier alpha value is -4.12. The molecule has 1 atom stereocenters. The summed E-state index contributed by atoms with van der Waals surface area (Å²) in [6.07, 6.45) is 8.46. The van der Waals surface area contributed by atoms with E-state index in [1.807, 2.05) is 6.07 Å². The van der Waals surface area contributed by atoms with Crippen molar-refractivity contribution in [2.75, 3.05) is 30.4 Å². The molecule has 9 nitrogen and oxygen atoms in total. The van der Waals surface area contributed by atoms with Gasteiger partial charge in [0.05, 0.1) is 18.9 Å². The van der Waals surface area contributed by atoms with Gasteiger partial charge in [0.1, 0.15) is 23.2 Å². The van der Waals surface area contributed by atoms with Crippen LogP contribution in [0.4, 0.5) is 26.1 Å². The maximum Gasteiger partial charge on any atom is 0.181 e. The molecule has 1 fully saturated rings. The molecule has 1 aromatic carbocycles. The molecular weight excluding hydrogens is 466 g/mol. The van der Waals surface area contributed by atoms with Crippen molar-refractivity contribution < 1.29 is 13.5 Å². The van der Waals surface area contributed by atoms with E-state index in [2.05, 4.69) is 30.3 Å². The van der Waals surface area contributed by atoms with Crippen LogP contribution in [0.25, 0.3) is 22.5 Å². The predicted molar refractivity (Wildman–Crippen MR) is 133 cm³/mol. The quantitative estimate of drug-likeness (QED) is 0.396. The Morgan fingerprint density at radius 2 is 2.08 bits per heavy atom. The van der Waals surface area contributed by atoms with Crippen molar-refractivity contribution in [2.45, 2.75) is 25.7 Å². The van der Waals surface area contributed by atoms with Gasteiger partial charge in [0.2, 0.25) is 0 Å². The fourth-order valence-electron chi connectivity index (χ4n) is 4.37. The number of piperidine rings is 1. The van der Waals surface area contributed by atoms with E-state index < -0.39 is 12.6 Å². The molecule has 0 radical (unpaired) electrons. The lowest BCUT2D eigenvalue weighted by atomic mass is 10.0. The molecule has 3 N–H and O–H groups in total. The van der Waals surface area contributed by atoms with Crippen LogP contribution in [0.15, 0.2) is 55.1 Å². The number of pyridine rings is 1. The molecule has 4 aromatic rings. The summed E-state index contributed by atoms with van der Waals surface area (Å²) >= 11 is 0. The summed E-state index contributed by atoms with van der Waals surface area (Å²) in [5, 5.41) is 7.25. The number of ether oxygens (including phenoxy) is 1. The van der Waals surface area contributed by atoms with Gasteiger partial charge in [-0.15, -0.1) is 0 Å². The van der Waals surface area contributed by atoms with E-state index in [-0.39, 0.29) is 17.4 Å². The lowest BCUT2D eigenvalue weighted by molar-refractivity contribution is 0.350. The Labute approximate surface area is 207 Å².